The van der Waals surface area contributed by atoms with Crippen LogP contribution in [-0.2, 0) is 6.42 Å². The normalized spacial score (nSPS) is 25.1. The number of amides is 1. The summed E-state index contributed by atoms with van der Waals surface area (Å²) in [6, 6.07) is 3.52. The molecule has 1 fully saturated rings. The van der Waals surface area contributed by atoms with Gasteiger partial charge in [0.25, 0.3) is 5.91 Å². The van der Waals surface area contributed by atoms with Crippen LogP contribution in [0.4, 0.5) is 0 Å². The molecule has 0 aromatic carbocycles. The van der Waals surface area contributed by atoms with Crippen molar-refractivity contribution in [3.63, 3.8) is 0 Å². The average Bonchev–Trinajstić information content (AvgIpc) is 2.83. The van der Waals surface area contributed by atoms with E-state index in [1.807, 2.05) is 13.0 Å². The van der Waals surface area contributed by atoms with Crippen LogP contribution in [0.5, 0.6) is 0 Å². The number of furan rings is 1. The number of nitrogens with zero attached hydrogens (tertiary/aromatic N) is 1. The lowest BCUT2D eigenvalue weighted by molar-refractivity contribution is 0.0554. The summed E-state index contributed by atoms with van der Waals surface area (Å²) in [5, 5.41) is 9.79. The molecule has 4 heteroatoms. The first-order chi connectivity index (χ1) is 7.52. The van der Waals surface area contributed by atoms with Crippen molar-refractivity contribution in [2.75, 3.05) is 13.1 Å². The maximum atomic E-state index is 12.0. The molecule has 0 radical (unpaired) electrons. The van der Waals surface area contributed by atoms with Gasteiger partial charge in [-0.05, 0) is 25.5 Å². The molecular formula is C12H17NO3. The van der Waals surface area contributed by atoms with E-state index < -0.39 is 5.60 Å². The minimum absolute atomic E-state index is 0.127. The predicted octanol–water partition coefficient (Wildman–Crippen LogP) is 1.44. The van der Waals surface area contributed by atoms with Gasteiger partial charge in [-0.2, -0.15) is 0 Å². The molecule has 0 saturated carbocycles. The first-order valence-corrected chi connectivity index (χ1v) is 5.62. The van der Waals surface area contributed by atoms with Gasteiger partial charge in [-0.25, -0.2) is 0 Å². The van der Waals surface area contributed by atoms with Crippen LogP contribution in [0.25, 0.3) is 0 Å². The van der Waals surface area contributed by atoms with Crippen LogP contribution in [0.3, 0.4) is 0 Å². The van der Waals surface area contributed by atoms with E-state index in [-0.39, 0.29) is 5.91 Å². The fourth-order valence-electron chi connectivity index (χ4n) is 1.96. The molecule has 1 aromatic heterocycles. The monoisotopic (exact) mass is 223 g/mol. The van der Waals surface area contributed by atoms with Crippen LogP contribution in [-0.4, -0.2) is 34.6 Å². The van der Waals surface area contributed by atoms with Gasteiger partial charge in [0.15, 0.2) is 5.76 Å². The maximum Gasteiger partial charge on any atom is 0.289 e. The molecule has 2 rings (SSSR count). The highest BCUT2D eigenvalue weighted by atomic mass is 16.4. The van der Waals surface area contributed by atoms with Crippen LogP contribution in [0.15, 0.2) is 16.5 Å². The molecule has 2 heterocycles. The van der Waals surface area contributed by atoms with Crippen LogP contribution < -0.4 is 0 Å². The molecule has 88 valence electrons. The quantitative estimate of drug-likeness (QED) is 0.825. The second kappa shape index (κ2) is 3.94. The Morgan fingerprint density at radius 2 is 2.38 bits per heavy atom. The third-order valence-corrected chi connectivity index (χ3v) is 2.96. The van der Waals surface area contributed by atoms with Crippen molar-refractivity contribution in [2.24, 2.45) is 0 Å². The van der Waals surface area contributed by atoms with E-state index in [9.17, 15) is 9.90 Å². The molecule has 0 aliphatic carbocycles. The van der Waals surface area contributed by atoms with Crippen molar-refractivity contribution in [1.82, 2.24) is 4.90 Å². The lowest BCUT2D eigenvalue weighted by Crippen LogP contribution is -2.33. The van der Waals surface area contributed by atoms with E-state index in [1.165, 1.54) is 0 Å². The summed E-state index contributed by atoms with van der Waals surface area (Å²) in [5.74, 6) is 1.06. The van der Waals surface area contributed by atoms with Gasteiger partial charge in [-0.15, -0.1) is 0 Å². The minimum atomic E-state index is -0.754. The lowest BCUT2D eigenvalue weighted by Gasteiger charge is -2.17. The van der Waals surface area contributed by atoms with Crippen molar-refractivity contribution < 1.29 is 14.3 Å². The van der Waals surface area contributed by atoms with Gasteiger partial charge in [-0.1, -0.05) is 6.92 Å². The number of β-amino-alcohol motifs (C(OH)–C–C–N with tert-alkyl or cyclic N) is 1. The van der Waals surface area contributed by atoms with Gasteiger partial charge in [0.05, 0.1) is 5.60 Å². The van der Waals surface area contributed by atoms with Gasteiger partial charge >= 0.3 is 0 Å². The minimum Gasteiger partial charge on any atom is -0.456 e. The number of hydrogen-bond donors (Lipinski definition) is 1. The molecule has 0 spiro atoms. The zero-order valence-electron chi connectivity index (χ0n) is 9.69. The molecule has 1 atom stereocenters. The Bertz CT molecular complexity index is 395. The molecule has 1 aliphatic rings. The summed E-state index contributed by atoms with van der Waals surface area (Å²) in [4.78, 5) is 13.6. The van der Waals surface area contributed by atoms with Crippen molar-refractivity contribution >= 4 is 5.91 Å². The molecule has 1 aromatic rings. The molecule has 16 heavy (non-hydrogen) atoms. The van der Waals surface area contributed by atoms with Gasteiger partial charge in [0, 0.05) is 19.5 Å². The van der Waals surface area contributed by atoms with Gasteiger partial charge < -0.3 is 14.4 Å². The highest BCUT2D eigenvalue weighted by molar-refractivity contribution is 5.91. The number of rotatable bonds is 2. The second-order valence-electron chi connectivity index (χ2n) is 4.59. The highest BCUT2D eigenvalue weighted by Crippen LogP contribution is 2.22. The van der Waals surface area contributed by atoms with Crippen molar-refractivity contribution in [1.29, 1.82) is 0 Å². The summed E-state index contributed by atoms with van der Waals surface area (Å²) in [6.07, 6.45) is 1.41. The standard InChI is InChI=1S/C12H17NO3/c1-3-9-4-5-10(16-9)11(14)13-7-6-12(2,15)8-13/h4-5,15H,3,6-8H2,1-2H3. The first-order valence-electron chi connectivity index (χ1n) is 5.62. The summed E-state index contributed by atoms with van der Waals surface area (Å²) in [5.41, 5.74) is -0.754. The number of aliphatic hydroxyl groups is 1. The summed E-state index contributed by atoms with van der Waals surface area (Å²) >= 11 is 0. The summed E-state index contributed by atoms with van der Waals surface area (Å²) in [7, 11) is 0. The molecule has 1 N–H and O–H groups in total. The summed E-state index contributed by atoms with van der Waals surface area (Å²) in [6.45, 7) is 4.70. The average molecular weight is 223 g/mol. The van der Waals surface area contributed by atoms with Gasteiger partial charge in [-0.3, -0.25) is 4.79 Å². The molecule has 4 nitrogen and oxygen atoms in total. The van der Waals surface area contributed by atoms with E-state index in [2.05, 4.69) is 0 Å². The maximum absolute atomic E-state index is 12.0. The molecule has 1 saturated heterocycles. The van der Waals surface area contributed by atoms with E-state index in [0.717, 1.165) is 12.2 Å². The number of aryl methyl sites for hydroxylation is 1. The number of carbonyl (C=O) groups is 1. The first kappa shape index (κ1) is 11.2. The molecule has 1 amide bonds. The zero-order valence-corrected chi connectivity index (χ0v) is 9.69. The third-order valence-electron chi connectivity index (χ3n) is 2.96. The Kier molecular flexibility index (Phi) is 2.76. The Morgan fingerprint density at radius 1 is 1.62 bits per heavy atom. The van der Waals surface area contributed by atoms with E-state index in [1.54, 1.807) is 17.9 Å². The Labute approximate surface area is 94.9 Å². The fraction of sp³-hybridized carbons (Fsp3) is 0.583. The van der Waals surface area contributed by atoms with E-state index in [4.69, 9.17) is 4.42 Å². The number of carbonyl (C=O) groups excluding carboxylic acids is 1. The molecular weight excluding hydrogens is 206 g/mol. The van der Waals surface area contributed by atoms with Crippen LogP contribution in [0.2, 0.25) is 0 Å². The Hall–Kier alpha value is -1.29. The van der Waals surface area contributed by atoms with Crippen molar-refractivity contribution in [3.05, 3.63) is 23.7 Å². The SMILES string of the molecule is CCc1ccc(C(=O)N2CCC(C)(O)C2)o1. The summed E-state index contributed by atoms with van der Waals surface area (Å²) < 4.78 is 5.40. The van der Waals surface area contributed by atoms with Crippen molar-refractivity contribution in [3.8, 4) is 0 Å². The van der Waals surface area contributed by atoms with Crippen LogP contribution in [0.1, 0.15) is 36.6 Å². The van der Waals surface area contributed by atoms with E-state index in [0.29, 0.717) is 25.3 Å². The Balaban J connectivity index is 2.08. The van der Waals surface area contributed by atoms with Gasteiger partial charge in [0.1, 0.15) is 5.76 Å². The largest absolute Gasteiger partial charge is 0.456 e. The molecule has 1 aliphatic heterocycles. The van der Waals surface area contributed by atoms with Crippen LogP contribution >= 0.6 is 0 Å². The predicted molar refractivity (Wildman–Crippen MR) is 59.2 cm³/mol. The number of hydrogen-bond acceptors (Lipinski definition) is 3. The third kappa shape index (κ3) is 2.11. The van der Waals surface area contributed by atoms with Gasteiger partial charge in [0.2, 0.25) is 0 Å². The smallest absolute Gasteiger partial charge is 0.289 e. The van der Waals surface area contributed by atoms with Crippen molar-refractivity contribution in [2.45, 2.75) is 32.3 Å². The fourth-order valence-corrected chi connectivity index (χ4v) is 1.96. The van der Waals surface area contributed by atoms with E-state index >= 15 is 0 Å². The molecule has 0 bridgehead atoms. The molecule has 1 unspecified atom stereocenters. The van der Waals surface area contributed by atoms with Crippen LogP contribution in [0, 0.1) is 0 Å². The zero-order chi connectivity index (χ0) is 11.8. The Morgan fingerprint density at radius 3 is 2.88 bits per heavy atom. The number of likely N-dealkylation sites (tertiary alicyclic amines) is 1. The second-order valence-corrected chi connectivity index (χ2v) is 4.59. The highest BCUT2D eigenvalue weighted by Gasteiger charge is 2.35. The topological polar surface area (TPSA) is 53.7 Å². The lowest BCUT2D eigenvalue weighted by atomic mass is 10.1.